The first kappa shape index (κ1) is 21.7. The van der Waals surface area contributed by atoms with E-state index in [4.69, 9.17) is 4.74 Å². The third kappa shape index (κ3) is 5.85. The number of halogens is 1. The average molecular weight is 392 g/mol. The van der Waals surface area contributed by atoms with Gasteiger partial charge in [-0.3, -0.25) is 4.79 Å². The number of nitrogens with one attached hydrogen (secondary N) is 3. The molecule has 7 nitrogen and oxygen atoms in total. The van der Waals surface area contributed by atoms with Crippen LogP contribution in [-0.2, 0) is 14.8 Å². The first-order chi connectivity index (χ1) is 11.3. The van der Waals surface area contributed by atoms with Gasteiger partial charge >= 0.3 is 0 Å². The minimum absolute atomic E-state index is 0. The molecule has 25 heavy (non-hydrogen) atoms. The summed E-state index contributed by atoms with van der Waals surface area (Å²) >= 11 is 0. The molecule has 2 rings (SSSR count). The number of sulfonamides is 1. The van der Waals surface area contributed by atoms with Crippen LogP contribution >= 0.6 is 12.4 Å². The number of amides is 1. The number of carbonyl (C=O) groups excluding carboxylic acids is 1. The quantitative estimate of drug-likeness (QED) is 0.641. The highest BCUT2D eigenvalue weighted by atomic mass is 35.5. The van der Waals surface area contributed by atoms with Crippen LogP contribution in [0.5, 0.6) is 5.75 Å². The van der Waals surface area contributed by atoms with Crippen molar-refractivity contribution >= 4 is 28.3 Å². The molecule has 2 unspecified atom stereocenters. The Hall–Kier alpha value is -1.35. The molecule has 0 aliphatic carbocycles. The predicted octanol–water partition coefficient (Wildman–Crippen LogP) is 0.898. The second kappa shape index (κ2) is 9.38. The van der Waals surface area contributed by atoms with Crippen molar-refractivity contribution in [1.82, 2.24) is 15.4 Å². The van der Waals surface area contributed by atoms with Gasteiger partial charge in [-0.1, -0.05) is 13.8 Å². The molecular formula is C16H26ClN3O4S. The van der Waals surface area contributed by atoms with Crippen LogP contribution in [0, 0.1) is 5.92 Å². The third-order valence-electron chi connectivity index (χ3n) is 4.01. The van der Waals surface area contributed by atoms with Crippen LogP contribution in [0.2, 0.25) is 0 Å². The number of benzene rings is 1. The van der Waals surface area contributed by atoms with Gasteiger partial charge in [0.05, 0.1) is 12.0 Å². The van der Waals surface area contributed by atoms with E-state index in [0.29, 0.717) is 12.3 Å². The molecule has 1 fully saturated rings. The molecule has 1 aliphatic heterocycles. The molecule has 1 aromatic carbocycles. The van der Waals surface area contributed by atoms with Crippen molar-refractivity contribution < 1.29 is 17.9 Å². The molecule has 1 amide bonds. The minimum Gasteiger partial charge on any atom is -0.497 e. The van der Waals surface area contributed by atoms with E-state index in [0.717, 1.165) is 13.0 Å². The molecule has 1 aliphatic rings. The molecule has 0 radical (unpaired) electrons. The van der Waals surface area contributed by atoms with Crippen LogP contribution in [0.4, 0.5) is 0 Å². The van der Waals surface area contributed by atoms with Gasteiger partial charge in [0.1, 0.15) is 11.8 Å². The summed E-state index contributed by atoms with van der Waals surface area (Å²) in [7, 11) is -2.28. The van der Waals surface area contributed by atoms with Crippen LogP contribution in [0.3, 0.4) is 0 Å². The fraction of sp³-hybridized carbons (Fsp3) is 0.562. The zero-order valence-corrected chi connectivity index (χ0v) is 16.2. The van der Waals surface area contributed by atoms with Gasteiger partial charge in [0.2, 0.25) is 15.9 Å². The molecule has 142 valence electrons. The summed E-state index contributed by atoms with van der Waals surface area (Å²) in [4.78, 5) is 12.6. The molecule has 0 bridgehead atoms. The maximum Gasteiger partial charge on any atom is 0.241 e. The summed E-state index contributed by atoms with van der Waals surface area (Å²) in [5.41, 5.74) is 0. The molecular weight excluding hydrogens is 366 g/mol. The second-order valence-electron chi connectivity index (χ2n) is 6.22. The van der Waals surface area contributed by atoms with E-state index in [1.807, 2.05) is 13.8 Å². The van der Waals surface area contributed by atoms with Crippen molar-refractivity contribution in [2.24, 2.45) is 5.92 Å². The lowest BCUT2D eigenvalue weighted by Gasteiger charge is -2.23. The van der Waals surface area contributed by atoms with Crippen molar-refractivity contribution in [2.75, 3.05) is 20.2 Å². The fourth-order valence-electron chi connectivity index (χ4n) is 2.55. The van der Waals surface area contributed by atoms with E-state index in [9.17, 15) is 13.2 Å². The number of methoxy groups -OCH3 is 1. The summed E-state index contributed by atoms with van der Waals surface area (Å²) in [5, 5.41) is 6.07. The Kier molecular flexibility index (Phi) is 8.14. The standard InChI is InChI=1S/C16H25N3O4S.ClH/c1-11(2)15(16(20)18-12-8-9-17-10-12)19-24(21,22)14-6-4-13(23-3)5-7-14;/h4-7,11-12,15,17,19H,8-10H2,1-3H3,(H,18,20);1H. The van der Waals surface area contributed by atoms with E-state index in [2.05, 4.69) is 15.4 Å². The zero-order chi connectivity index (χ0) is 17.7. The lowest BCUT2D eigenvalue weighted by molar-refractivity contribution is -0.124. The van der Waals surface area contributed by atoms with Crippen molar-refractivity contribution in [1.29, 1.82) is 0 Å². The molecule has 0 aromatic heterocycles. The van der Waals surface area contributed by atoms with Crippen molar-refractivity contribution in [2.45, 2.75) is 37.2 Å². The minimum atomic E-state index is -3.79. The van der Waals surface area contributed by atoms with Gasteiger partial charge in [0.25, 0.3) is 0 Å². The van der Waals surface area contributed by atoms with E-state index >= 15 is 0 Å². The first-order valence-corrected chi connectivity index (χ1v) is 9.49. The monoisotopic (exact) mass is 391 g/mol. The predicted molar refractivity (Wildman–Crippen MR) is 98.6 cm³/mol. The maximum absolute atomic E-state index is 12.5. The van der Waals surface area contributed by atoms with Crippen LogP contribution in [-0.4, -0.2) is 46.6 Å². The number of hydrogen-bond donors (Lipinski definition) is 3. The van der Waals surface area contributed by atoms with Crippen LogP contribution in [0.15, 0.2) is 29.2 Å². The number of carbonyl (C=O) groups is 1. The van der Waals surface area contributed by atoms with E-state index in [1.54, 1.807) is 12.1 Å². The molecule has 0 spiro atoms. The lowest BCUT2D eigenvalue weighted by Crippen LogP contribution is -2.52. The van der Waals surface area contributed by atoms with Gasteiger partial charge in [0, 0.05) is 12.6 Å². The Morgan fingerprint density at radius 1 is 1.28 bits per heavy atom. The van der Waals surface area contributed by atoms with Gasteiger partial charge in [-0.25, -0.2) is 8.42 Å². The lowest BCUT2D eigenvalue weighted by atomic mass is 10.0. The molecule has 9 heteroatoms. The summed E-state index contributed by atoms with van der Waals surface area (Å²) in [6.45, 7) is 5.19. The smallest absolute Gasteiger partial charge is 0.241 e. The Bertz CT molecular complexity index is 658. The fourth-order valence-corrected chi connectivity index (χ4v) is 3.90. The molecule has 2 atom stereocenters. The van der Waals surface area contributed by atoms with Crippen LogP contribution in [0.1, 0.15) is 20.3 Å². The SMILES string of the molecule is COc1ccc(S(=O)(=O)NC(C(=O)NC2CCNC2)C(C)C)cc1.Cl. The van der Waals surface area contributed by atoms with Gasteiger partial charge in [-0.15, -0.1) is 12.4 Å². The van der Waals surface area contributed by atoms with Crippen molar-refractivity contribution in [3.63, 3.8) is 0 Å². The Labute approximate surface area is 155 Å². The largest absolute Gasteiger partial charge is 0.497 e. The number of ether oxygens (including phenoxy) is 1. The molecule has 1 heterocycles. The Morgan fingerprint density at radius 2 is 1.92 bits per heavy atom. The van der Waals surface area contributed by atoms with Crippen molar-refractivity contribution in [3.05, 3.63) is 24.3 Å². The average Bonchev–Trinajstić information content (AvgIpc) is 3.05. The summed E-state index contributed by atoms with van der Waals surface area (Å²) in [5.74, 6) is 0.101. The van der Waals surface area contributed by atoms with Gasteiger partial charge in [-0.2, -0.15) is 4.72 Å². The second-order valence-corrected chi connectivity index (χ2v) is 7.93. The van der Waals surface area contributed by atoms with E-state index in [-0.39, 0.29) is 35.2 Å². The van der Waals surface area contributed by atoms with E-state index in [1.165, 1.54) is 19.2 Å². The molecule has 3 N–H and O–H groups in total. The van der Waals surface area contributed by atoms with Crippen LogP contribution < -0.4 is 20.1 Å². The molecule has 0 saturated carbocycles. The number of rotatable bonds is 7. The summed E-state index contributed by atoms with van der Waals surface area (Å²) in [6.07, 6.45) is 0.849. The molecule has 1 saturated heterocycles. The highest BCUT2D eigenvalue weighted by Crippen LogP contribution is 2.17. The number of hydrogen-bond acceptors (Lipinski definition) is 5. The normalized spacial score (nSPS) is 18.5. The highest BCUT2D eigenvalue weighted by Gasteiger charge is 2.30. The Morgan fingerprint density at radius 3 is 2.40 bits per heavy atom. The summed E-state index contributed by atoms with van der Waals surface area (Å²) in [6, 6.07) is 5.28. The zero-order valence-electron chi connectivity index (χ0n) is 14.6. The third-order valence-corrected chi connectivity index (χ3v) is 5.46. The van der Waals surface area contributed by atoms with Crippen LogP contribution in [0.25, 0.3) is 0 Å². The summed E-state index contributed by atoms with van der Waals surface area (Å²) < 4.78 is 32.6. The Balaban J connectivity index is 0.00000312. The maximum atomic E-state index is 12.5. The topological polar surface area (TPSA) is 96.5 Å². The van der Waals surface area contributed by atoms with E-state index < -0.39 is 16.1 Å². The molecule has 1 aromatic rings. The first-order valence-electron chi connectivity index (χ1n) is 8.01. The van der Waals surface area contributed by atoms with Crippen molar-refractivity contribution in [3.8, 4) is 5.75 Å². The van der Waals surface area contributed by atoms with Gasteiger partial charge in [0.15, 0.2) is 0 Å². The van der Waals surface area contributed by atoms with Gasteiger partial charge < -0.3 is 15.4 Å². The van der Waals surface area contributed by atoms with Gasteiger partial charge in [-0.05, 0) is 43.1 Å². The highest BCUT2D eigenvalue weighted by molar-refractivity contribution is 7.89.